The highest BCUT2D eigenvalue weighted by Gasteiger charge is 2.23. The number of Topliss-reactive ketones (excluding diaryl/α,β-unsaturated/α-hetero) is 1. The zero-order chi connectivity index (χ0) is 11.5. The van der Waals surface area contributed by atoms with Crippen LogP contribution in [0.3, 0.4) is 0 Å². The van der Waals surface area contributed by atoms with E-state index in [9.17, 15) is 4.79 Å². The van der Waals surface area contributed by atoms with Gasteiger partial charge in [0.25, 0.3) is 0 Å². The minimum atomic E-state index is 0.00741. The largest absolute Gasteiger partial charge is 0.299 e. The van der Waals surface area contributed by atoms with Gasteiger partial charge in [-0.1, -0.05) is 20.8 Å². The van der Waals surface area contributed by atoms with E-state index < -0.39 is 0 Å². The van der Waals surface area contributed by atoms with Gasteiger partial charge >= 0.3 is 0 Å². The molecule has 1 heterocycles. The van der Waals surface area contributed by atoms with Crippen LogP contribution in [0.15, 0.2) is 24.5 Å². The smallest absolute Gasteiger partial charge is 0.137 e. The molecule has 15 heavy (non-hydrogen) atoms. The van der Waals surface area contributed by atoms with E-state index in [0.717, 1.165) is 12.0 Å². The Hall–Kier alpha value is -1.18. The summed E-state index contributed by atoms with van der Waals surface area (Å²) in [6.07, 6.45) is 4.37. The molecular formula is C13H19NO. The monoisotopic (exact) mass is 205 g/mol. The van der Waals surface area contributed by atoms with Gasteiger partial charge in [-0.2, -0.15) is 0 Å². The molecule has 2 heteroatoms. The Morgan fingerprint density at radius 3 is 2.27 bits per heavy atom. The Morgan fingerprint density at radius 2 is 1.87 bits per heavy atom. The van der Waals surface area contributed by atoms with Gasteiger partial charge in [0.2, 0.25) is 0 Å². The van der Waals surface area contributed by atoms with Crippen molar-refractivity contribution in [1.82, 2.24) is 4.98 Å². The summed E-state index contributed by atoms with van der Waals surface area (Å²) in [6.45, 7) is 8.13. The first-order chi connectivity index (χ1) is 6.90. The third-order valence-electron chi connectivity index (χ3n) is 2.42. The Kier molecular flexibility index (Phi) is 3.61. The average molecular weight is 205 g/mol. The molecule has 0 aliphatic rings. The first-order valence-electron chi connectivity index (χ1n) is 5.30. The van der Waals surface area contributed by atoms with Gasteiger partial charge in [0.15, 0.2) is 0 Å². The molecule has 0 aromatic carbocycles. The van der Waals surface area contributed by atoms with Crippen LogP contribution in [0.1, 0.15) is 45.6 Å². The lowest BCUT2D eigenvalue weighted by atomic mass is 9.80. The Labute approximate surface area is 91.7 Å². The Morgan fingerprint density at radius 1 is 1.33 bits per heavy atom. The molecule has 0 amide bonds. The maximum Gasteiger partial charge on any atom is 0.137 e. The summed E-state index contributed by atoms with van der Waals surface area (Å²) in [4.78, 5) is 15.6. The summed E-state index contributed by atoms with van der Waals surface area (Å²) in [7, 11) is 0. The van der Waals surface area contributed by atoms with Crippen LogP contribution >= 0.6 is 0 Å². The molecule has 1 atom stereocenters. The second-order valence-electron chi connectivity index (χ2n) is 5.21. The van der Waals surface area contributed by atoms with Crippen LogP contribution in [0, 0.1) is 5.41 Å². The lowest BCUT2D eigenvalue weighted by Crippen LogP contribution is -2.17. The van der Waals surface area contributed by atoms with Crippen molar-refractivity contribution in [1.29, 1.82) is 0 Å². The standard InChI is InChI=1S/C13H19NO/c1-10(15)12(9-13(2,3)4)11-5-7-14-8-6-11/h5-8,12H,9H2,1-4H3. The molecular weight excluding hydrogens is 186 g/mol. The van der Waals surface area contributed by atoms with E-state index in [4.69, 9.17) is 0 Å². The number of aromatic nitrogens is 1. The van der Waals surface area contributed by atoms with Crippen molar-refractivity contribution >= 4 is 5.78 Å². The van der Waals surface area contributed by atoms with E-state index in [0.29, 0.717) is 0 Å². The minimum Gasteiger partial charge on any atom is -0.299 e. The van der Waals surface area contributed by atoms with Gasteiger partial charge in [0.05, 0.1) is 0 Å². The van der Waals surface area contributed by atoms with Crippen LogP contribution in [0.25, 0.3) is 0 Å². The first kappa shape index (κ1) is 11.9. The van der Waals surface area contributed by atoms with E-state index in [1.165, 1.54) is 0 Å². The number of ketones is 1. The van der Waals surface area contributed by atoms with Gasteiger partial charge in [-0.3, -0.25) is 9.78 Å². The fourth-order valence-electron chi connectivity index (χ4n) is 1.70. The van der Waals surface area contributed by atoms with Crippen molar-refractivity contribution in [2.24, 2.45) is 5.41 Å². The molecule has 1 rings (SSSR count). The number of carbonyl (C=O) groups excluding carboxylic acids is 1. The zero-order valence-corrected chi connectivity index (χ0v) is 9.95. The Balaban J connectivity index is 2.90. The molecule has 0 spiro atoms. The van der Waals surface area contributed by atoms with Crippen molar-refractivity contribution in [3.63, 3.8) is 0 Å². The predicted octanol–water partition coefficient (Wildman–Crippen LogP) is 3.19. The lowest BCUT2D eigenvalue weighted by molar-refractivity contribution is -0.119. The van der Waals surface area contributed by atoms with Gasteiger partial charge in [-0.25, -0.2) is 0 Å². The third kappa shape index (κ3) is 3.82. The SMILES string of the molecule is CC(=O)C(CC(C)(C)C)c1ccncc1. The van der Waals surface area contributed by atoms with Crippen molar-refractivity contribution in [3.05, 3.63) is 30.1 Å². The second-order valence-corrected chi connectivity index (χ2v) is 5.21. The number of hydrogen-bond acceptors (Lipinski definition) is 2. The molecule has 2 nitrogen and oxygen atoms in total. The summed E-state index contributed by atoms with van der Waals surface area (Å²) < 4.78 is 0. The van der Waals surface area contributed by atoms with Gasteiger partial charge in [0.1, 0.15) is 5.78 Å². The second kappa shape index (κ2) is 4.56. The summed E-state index contributed by atoms with van der Waals surface area (Å²) >= 11 is 0. The highest BCUT2D eigenvalue weighted by atomic mass is 16.1. The molecule has 0 radical (unpaired) electrons. The van der Waals surface area contributed by atoms with E-state index in [2.05, 4.69) is 25.8 Å². The zero-order valence-electron chi connectivity index (χ0n) is 9.95. The van der Waals surface area contributed by atoms with Crippen molar-refractivity contribution in [2.45, 2.75) is 40.0 Å². The van der Waals surface area contributed by atoms with Gasteiger partial charge in [0, 0.05) is 18.3 Å². The summed E-state index contributed by atoms with van der Waals surface area (Å²) in [5, 5.41) is 0. The van der Waals surface area contributed by atoms with Crippen LogP contribution in [-0.4, -0.2) is 10.8 Å². The topological polar surface area (TPSA) is 30.0 Å². The van der Waals surface area contributed by atoms with Crippen LogP contribution in [-0.2, 0) is 4.79 Å². The van der Waals surface area contributed by atoms with Crippen molar-refractivity contribution in [2.75, 3.05) is 0 Å². The number of hydrogen-bond donors (Lipinski definition) is 0. The van der Waals surface area contributed by atoms with Crippen molar-refractivity contribution < 1.29 is 4.79 Å². The van der Waals surface area contributed by atoms with Gasteiger partial charge in [-0.05, 0) is 36.5 Å². The molecule has 1 aromatic heterocycles. The minimum absolute atomic E-state index is 0.00741. The number of rotatable bonds is 3. The summed E-state index contributed by atoms with van der Waals surface area (Å²) in [6, 6.07) is 3.86. The fraction of sp³-hybridized carbons (Fsp3) is 0.538. The van der Waals surface area contributed by atoms with Crippen molar-refractivity contribution in [3.8, 4) is 0 Å². The maximum atomic E-state index is 11.6. The van der Waals surface area contributed by atoms with Crippen LogP contribution < -0.4 is 0 Å². The molecule has 0 aliphatic heterocycles. The van der Waals surface area contributed by atoms with E-state index in [1.54, 1.807) is 19.3 Å². The van der Waals surface area contributed by atoms with Crippen LogP contribution in [0.4, 0.5) is 0 Å². The highest BCUT2D eigenvalue weighted by molar-refractivity contribution is 5.83. The maximum absolute atomic E-state index is 11.6. The normalized spacial score (nSPS) is 13.6. The molecule has 0 N–H and O–H groups in total. The average Bonchev–Trinajstić information content (AvgIpc) is 2.14. The Bertz CT molecular complexity index is 324. The van der Waals surface area contributed by atoms with Gasteiger partial charge in [-0.15, -0.1) is 0 Å². The molecule has 0 saturated heterocycles. The highest BCUT2D eigenvalue weighted by Crippen LogP contribution is 2.31. The molecule has 0 aliphatic carbocycles. The lowest BCUT2D eigenvalue weighted by Gasteiger charge is -2.24. The summed E-state index contributed by atoms with van der Waals surface area (Å²) in [5.41, 5.74) is 1.24. The molecule has 0 fully saturated rings. The first-order valence-corrected chi connectivity index (χ1v) is 5.30. The number of carbonyl (C=O) groups is 1. The molecule has 1 aromatic rings. The molecule has 0 bridgehead atoms. The number of nitrogens with zero attached hydrogens (tertiary/aromatic N) is 1. The quantitative estimate of drug-likeness (QED) is 0.758. The van der Waals surface area contributed by atoms with Crippen LogP contribution in [0.2, 0.25) is 0 Å². The van der Waals surface area contributed by atoms with Crippen LogP contribution in [0.5, 0.6) is 0 Å². The van der Waals surface area contributed by atoms with E-state index >= 15 is 0 Å². The van der Waals surface area contributed by atoms with Gasteiger partial charge < -0.3 is 0 Å². The molecule has 1 unspecified atom stereocenters. The fourth-order valence-corrected chi connectivity index (χ4v) is 1.70. The molecule has 0 saturated carbocycles. The number of pyridine rings is 1. The predicted molar refractivity (Wildman–Crippen MR) is 61.7 cm³/mol. The summed E-state index contributed by atoms with van der Waals surface area (Å²) in [5.74, 6) is 0.240. The third-order valence-corrected chi connectivity index (χ3v) is 2.42. The molecule has 82 valence electrons. The van der Waals surface area contributed by atoms with E-state index in [1.807, 2.05) is 12.1 Å². The van der Waals surface area contributed by atoms with E-state index in [-0.39, 0.29) is 17.1 Å².